The molecule has 1 atom stereocenters. The number of rotatable bonds is 5. The van der Waals surface area contributed by atoms with Gasteiger partial charge in [0.05, 0.1) is 18.8 Å². The highest BCUT2D eigenvalue weighted by Gasteiger charge is 2.17. The first-order valence-corrected chi connectivity index (χ1v) is 6.62. The summed E-state index contributed by atoms with van der Waals surface area (Å²) in [6.45, 7) is 0.666. The van der Waals surface area contributed by atoms with E-state index in [1.807, 2.05) is 54.3 Å². The first kappa shape index (κ1) is 12.7. The molecule has 3 aromatic rings. The summed E-state index contributed by atoms with van der Waals surface area (Å²) in [4.78, 5) is 4.46. The molecule has 3 rings (SSSR count). The first-order chi connectivity index (χ1) is 9.84. The van der Waals surface area contributed by atoms with Crippen LogP contribution in [0.25, 0.3) is 0 Å². The number of benzene rings is 1. The zero-order chi connectivity index (χ0) is 13.8. The number of hydrogen-bond acceptors (Lipinski definition) is 3. The van der Waals surface area contributed by atoms with Gasteiger partial charge < -0.3 is 8.98 Å². The van der Waals surface area contributed by atoms with Crippen LogP contribution < -0.4 is 5.32 Å². The second kappa shape index (κ2) is 5.75. The topological polar surface area (TPSA) is 43.0 Å². The predicted octanol–water partition coefficient (Wildman–Crippen LogP) is 2.89. The van der Waals surface area contributed by atoms with Crippen LogP contribution in [0.15, 0.2) is 65.5 Å². The lowest BCUT2D eigenvalue weighted by atomic mass is 10.1. The Balaban J connectivity index is 1.86. The molecule has 2 aromatic heterocycles. The van der Waals surface area contributed by atoms with Gasteiger partial charge in [-0.1, -0.05) is 30.3 Å². The molecule has 0 fully saturated rings. The summed E-state index contributed by atoms with van der Waals surface area (Å²) in [6.07, 6.45) is 5.47. The summed E-state index contributed by atoms with van der Waals surface area (Å²) in [6, 6.07) is 14.2. The highest BCUT2D eigenvalue weighted by Crippen LogP contribution is 2.20. The van der Waals surface area contributed by atoms with Gasteiger partial charge in [-0.3, -0.25) is 5.32 Å². The fourth-order valence-corrected chi connectivity index (χ4v) is 2.27. The van der Waals surface area contributed by atoms with Crippen molar-refractivity contribution in [1.29, 1.82) is 0 Å². The van der Waals surface area contributed by atoms with E-state index < -0.39 is 0 Å². The molecule has 0 amide bonds. The van der Waals surface area contributed by atoms with Gasteiger partial charge in [0.25, 0.3) is 0 Å². The Bertz CT molecular complexity index is 643. The van der Waals surface area contributed by atoms with Gasteiger partial charge in [-0.25, -0.2) is 4.98 Å². The Hall–Kier alpha value is -2.33. The molecule has 2 heterocycles. The van der Waals surface area contributed by atoms with Crippen molar-refractivity contribution >= 4 is 0 Å². The lowest BCUT2D eigenvalue weighted by molar-refractivity contribution is 0.459. The standard InChI is InChI=1S/C16H17N3O/c1-19-10-9-17-16(19)15(13-6-3-2-4-7-13)18-12-14-8-5-11-20-14/h2-11,15,18H,12H2,1H3/t15-/m0/s1. The first-order valence-electron chi connectivity index (χ1n) is 6.62. The summed E-state index contributed by atoms with van der Waals surface area (Å²) in [7, 11) is 2.01. The van der Waals surface area contributed by atoms with Crippen molar-refractivity contribution in [3.63, 3.8) is 0 Å². The molecule has 0 aliphatic carbocycles. The van der Waals surface area contributed by atoms with E-state index in [4.69, 9.17) is 4.42 Å². The molecule has 0 radical (unpaired) electrons. The van der Waals surface area contributed by atoms with Crippen molar-refractivity contribution in [2.45, 2.75) is 12.6 Å². The third kappa shape index (κ3) is 2.65. The molecule has 4 heteroatoms. The van der Waals surface area contributed by atoms with E-state index in [0.717, 1.165) is 11.6 Å². The second-order valence-corrected chi connectivity index (χ2v) is 4.70. The van der Waals surface area contributed by atoms with E-state index in [1.54, 1.807) is 6.26 Å². The third-order valence-electron chi connectivity index (χ3n) is 3.31. The molecule has 0 spiro atoms. The maximum atomic E-state index is 5.38. The average Bonchev–Trinajstić information content (AvgIpc) is 3.13. The number of aromatic nitrogens is 2. The van der Waals surface area contributed by atoms with Crippen molar-refractivity contribution in [2.24, 2.45) is 7.05 Å². The predicted molar refractivity (Wildman–Crippen MR) is 77.0 cm³/mol. The molecule has 0 aliphatic rings. The summed E-state index contributed by atoms with van der Waals surface area (Å²) < 4.78 is 7.41. The van der Waals surface area contributed by atoms with Crippen LogP contribution in [0.2, 0.25) is 0 Å². The van der Waals surface area contributed by atoms with Crippen LogP contribution in [0, 0.1) is 0 Å². The highest BCUT2D eigenvalue weighted by atomic mass is 16.3. The van der Waals surface area contributed by atoms with Crippen LogP contribution in [-0.2, 0) is 13.6 Å². The van der Waals surface area contributed by atoms with Gasteiger partial charge in [-0.2, -0.15) is 0 Å². The van der Waals surface area contributed by atoms with Gasteiger partial charge >= 0.3 is 0 Å². The lowest BCUT2D eigenvalue weighted by Crippen LogP contribution is -2.24. The Kier molecular flexibility index (Phi) is 3.65. The highest BCUT2D eigenvalue weighted by molar-refractivity contribution is 5.25. The fraction of sp³-hybridized carbons (Fsp3) is 0.188. The molecule has 4 nitrogen and oxygen atoms in total. The van der Waals surface area contributed by atoms with Crippen LogP contribution in [0.1, 0.15) is 23.2 Å². The summed E-state index contributed by atoms with van der Waals surface area (Å²) in [5.74, 6) is 1.91. The molecular weight excluding hydrogens is 250 g/mol. The summed E-state index contributed by atoms with van der Waals surface area (Å²) in [5.41, 5.74) is 1.19. The molecule has 1 aromatic carbocycles. The maximum Gasteiger partial charge on any atom is 0.130 e. The Morgan fingerprint density at radius 1 is 1.20 bits per heavy atom. The zero-order valence-corrected chi connectivity index (χ0v) is 11.4. The van der Waals surface area contributed by atoms with E-state index in [-0.39, 0.29) is 6.04 Å². The minimum atomic E-state index is 0.0429. The molecule has 102 valence electrons. The van der Waals surface area contributed by atoms with Crippen molar-refractivity contribution in [1.82, 2.24) is 14.9 Å². The van der Waals surface area contributed by atoms with E-state index >= 15 is 0 Å². The largest absolute Gasteiger partial charge is 0.468 e. The number of nitrogens with one attached hydrogen (secondary N) is 1. The SMILES string of the molecule is Cn1ccnc1[C@@H](NCc1ccco1)c1ccccc1. The van der Waals surface area contributed by atoms with E-state index in [1.165, 1.54) is 5.56 Å². The molecule has 0 unspecified atom stereocenters. The monoisotopic (exact) mass is 267 g/mol. The van der Waals surface area contributed by atoms with Crippen molar-refractivity contribution in [3.8, 4) is 0 Å². The van der Waals surface area contributed by atoms with Crippen molar-refractivity contribution < 1.29 is 4.42 Å². The second-order valence-electron chi connectivity index (χ2n) is 4.70. The van der Waals surface area contributed by atoms with Gasteiger partial charge in [-0.05, 0) is 17.7 Å². The van der Waals surface area contributed by atoms with Gasteiger partial charge in [0.2, 0.25) is 0 Å². The summed E-state index contributed by atoms with van der Waals surface area (Å²) in [5, 5.41) is 3.50. The smallest absolute Gasteiger partial charge is 0.130 e. The Morgan fingerprint density at radius 3 is 2.70 bits per heavy atom. The normalized spacial score (nSPS) is 12.4. The van der Waals surface area contributed by atoms with Crippen molar-refractivity contribution in [2.75, 3.05) is 0 Å². The number of hydrogen-bond donors (Lipinski definition) is 1. The molecule has 20 heavy (non-hydrogen) atoms. The van der Waals surface area contributed by atoms with Gasteiger partial charge in [0, 0.05) is 19.4 Å². The van der Waals surface area contributed by atoms with Crippen LogP contribution in [0.5, 0.6) is 0 Å². The molecular formula is C16H17N3O. The Labute approximate surface area is 118 Å². The number of aryl methyl sites for hydroxylation is 1. The number of imidazole rings is 1. The third-order valence-corrected chi connectivity index (χ3v) is 3.31. The lowest BCUT2D eigenvalue weighted by Gasteiger charge is -2.18. The zero-order valence-electron chi connectivity index (χ0n) is 11.4. The van der Waals surface area contributed by atoms with E-state index in [0.29, 0.717) is 6.54 Å². The average molecular weight is 267 g/mol. The van der Waals surface area contributed by atoms with Crippen LogP contribution in [-0.4, -0.2) is 9.55 Å². The Morgan fingerprint density at radius 2 is 2.05 bits per heavy atom. The number of furan rings is 1. The fourth-order valence-electron chi connectivity index (χ4n) is 2.27. The molecule has 0 saturated carbocycles. The molecule has 0 saturated heterocycles. The summed E-state index contributed by atoms with van der Waals surface area (Å²) >= 11 is 0. The maximum absolute atomic E-state index is 5.38. The van der Waals surface area contributed by atoms with E-state index in [2.05, 4.69) is 22.4 Å². The van der Waals surface area contributed by atoms with Crippen LogP contribution in [0.3, 0.4) is 0 Å². The van der Waals surface area contributed by atoms with Crippen LogP contribution >= 0.6 is 0 Å². The van der Waals surface area contributed by atoms with Crippen molar-refractivity contribution in [3.05, 3.63) is 78.3 Å². The number of nitrogens with zero attached hydrogens (tertiary/aromatic N) is 2. The van der Waals surface area contributed by atoms with Gasteiger partial charge in [0.1, 0.15) is 11.6 Å². The quantitative estimate of drug-likeness (QED) is 0.773. The minimum Gasteiger partial charge on any atom is -0.468 e. The van der Waals surface area contributed by atoms with Gasteiger partial charge in [0.15, 0.2) is 0 Å². The van der Waals surface area contributed by atoms with Gasteiger partial charge in [-0.15, -0.1) is 0 Å². The molecule has 0 bridgehead atoms. The van der Waals surface area contributed by atoms with Crippen LogP contribution in [0.4, 0.5) is 0 Å². The van der Waals surface area contributed by atoms with E-state index in [9.17, 15) is 0 Å². The minimum absolute atomic E-state index is 0.0429. The molecule has 0 aliphatic heterocycles. The molecule has 1 N–H and O–H groups in total.